The van der Waals surface area contributed by atoms with Gasteiger partial charge in [-0.25, -0.2) is 0 Å². The summed E-state index contributed by atoms with van der Waals surface area (Å²) in [6.45, 7) is 7.43. The molecule has 2 aromatic rings. The van der Waals surface area contributed by atoms with Gasteiger partial charge < -0.3 is 4.57 Å². The third-order valence-electron chi connectivity index (χ3n) is 3.96. The molecule has 0 amide bonds. The Hall–Kier alpha value is -1.75. The van der Waals surface area contributed by atoms with Gasteiger partial charge in [-0.3, -0.25) is 9.88 Å². The molecule has 0 spiro atoms. The molecule has 21 heavy (non-hydrogen) atoms. The van der Waals surface area contributed by atoms with Crippen molar-refractivity contribution >= 4 is 0 Å². The van der Waals surface area contributed by atoms with E-state index in [2.05, 4.69) is 50.6 Å². The van der Waals surface area contributed by atoms with Crippen LogP contribution in [0.25, 0.3) is 0 Å². The molecule has 112 valence electrons. The van der Waals surface area contributed by atoms with Crippen molar-refractivity contribution in [3.63, 3.8) is 0 Å². The summed E-state index contributed by atoms with van der Waals surface area (Å²) in [5.74, 6) is 1.71. The number of likely N-dealkylation sites (tertiary alicyclic amines) is 1. The van der Waals surface area contributed by atoms with Crippen LogP contribution < -0.4 is 0 Å². The van der Waals surface area contributed by atoms with E-state index in [4.69, 9.17) is 0 Å². The second-order valence-electron chi connectivity index (χ2n) is 6.18. The molecule has 0 unspecified atom stereocenters. The van der Waals surface area contributed by atoms with Gasteiger partial charge in [-0.15, -0.1) is 10.2 Å². The lowest BCUT2D eigenvalue weighted by molar-refractivity contribution is 0.230. The first-order chi connectivity index (χ1) is 10.2. The molecular weight excluding hydrogens is 262 g/mol. The van der Waals surface area contributed by atoms with Gasteiger partial charge in [0.25, 0.3) is 0 Å². The van der Waals surface area contributed by atoms with Crippen LogP contribution in [0.1, 0.15) is 44.2 Å². The van der Waals surface area contributed by atoms with Gasteiger partial charge in [0.1, 0.15) is 12.2 Å². The summed E-state index contributed by atoms with van der Waals surface area (Å²) in [5.41, 5.74) is 1.12. The fourth-order valence-corrected chi connectivity index (χ4v) is 3.06. The molecule has 1 aliphatic heterocycles. The van der Waals surface area contributed by atoms with E-state index in [-0.39, 0.29) is 0 Å². The van der Waals surface area contributed by atoms with E-state index < -0.39 is 0 Å². The van der Waals surface area contributed by atoms with Gasteiger partial charge in [0.2, 0.25) is 0 Å². The molecule has 0 aromatic carbocycles. The SMILES string of the molecule is CC(C)Cn1cnnc1[C@H]1CCCN1Cc1ccccn1. The lowest BCUT2D eigenvalue weighted by atomic mass is 10.1. The Morgan fingerprint density at radius 1 is 1.33 bits per heavy atom. The molecule has 2 aromatic heterocycles. The van der Waals surface area contributed by atoms with Gasteiger partial charge in [-0.2, -0.15) is 0 Å². The molecule has 1 aliphatic rings. The minimum Gasteiger partial charge on any atom is -0.316 e. The Morgan fingerprint density at radius 2 is 2.24 bits per heavy atom. The number of hydrogen-bond donors (Lipinski definition) is 0. The predicted molar refractivity (Wildman–Crippen MR) is 81.5 cm³/mol. The molecule has 0 N–H and O–H groups in total. The van der Waals surface area contributed by atoms with Crippen LogP contribution >= 0.6 is 0 Å². The Labute approximate surface area is 126 Å². The first-order valence-electron chi connectivity index (χ1n) is 7.75. The van der Waals surface area contributed by atoms with Gasteiger partial charge in [0.15, 0.2) is 0 Å². The topological polar surface area (TPSA) is 46.8 Å². The molecular formula is C16H23N5. The molecule has 5 nitrogen and oxygen atoms in total. The average Bonchev–Trinajstić information content (AvgIpc) is 3.08. The highest BCUT2D eigenvalue weighted by Crippen LogP contribution is 2.31. The highest BCUT2D eigenvalue weighted by molar-refractivity contribution is 5.06. The van der Waals surface area contributed by atoms with Crippen molar-refractivity contribution in [3.8, 4) is 0 Å². The number of rotatable bonds is 5. The zero-order chi connectivity index (χ0) is 14.7. The first-order valence-corrected chi connectivity index (χ1v) is 7.75. The Bertz CT molecular complexity index is 563. The highest BCUT2D eigenvalue weighted by Gasteiger charge is 2.30. The molecule has 0 bridgehead atoms. The maximum absolute atomic E-state index is 4.44. The summed E-state index contributed by atoms with van der Waals surface area (Å²) in [5, 5.41) is 8.53. The zero-order valence-corrected chi connectivity index (χ0v) is 12.8. The van der Waals surface area contributed by atoms with Crippen molar-refractivity contribution in [2.75, 3.05) is 6.54 Å². The van der Waals surface area contributed by atoms with Crippen molar-refractivity contribution in [1.29, 1.82) is 0 Å². The van der Waals surface area contributed by atoms with Crippen LogP contribution in [-0.4, -0.2) is 31.2 Å². The number of hydrogen-bond acceptors (Lipinski definition) is 4. The smallest absolute Gasteiger partial charge is 0.150 e. The summed E-state index contributed by atoms with van der Waals surface area (Å²) < 4.78 is 2.21. The van der Waals surface area contributed by atoms with Crippen LogP contribution in [0.3, 0.4) is 0 Å². The van der Waals surface area contributed by atoms with E-state index in [1.165, 1.54) is 6.42 Å². The predicted octanol–water partition coefficient (Wildman–Crippen LogP) is 2.67. The standard InChI is InChI=1S/C16H23N5/c1-13(2)10-21-12-18-19-16(21)15-7-5-9-20(15)11-14-6-3-4-8-17-14/h3-4,6,8,12-13,15H,5,7,9-11H2,1-2H3/t15-/m1/s1. The van der Waals surface area contributed by atoms with Crippen molar-refractivity contribution in [1.82, 2.24) is 24.6 Å². The van der Waals surface area contributed by atoms with E-state index >= 15 is 0 Å². The van der Waals surface area contributed by atoms with Crippen LogP contribution in [-0.2, 0) is 13.1 Å². The second kappa shape index (κ2) is 6.35. The minimum atomic E-state index is 0.369. The fourth-order valence-electron chi connectivity index (χ4n) is 3.06. The minimum absolute atomic E-state index is 0.369. The molecule has 3 rings (SSSR count). The van der Waals surface area contributed by atoms with Crippen LogP contribution in [0.4, 0.5) is 0 Å². The molecule has 5 heteroatoms. The van der Waals surface area contributed by atoms with Crippen LogP contribution in [0.2, 0.25) is 0 Å². The molecule has 1 atom stereocenters. The maximum atomic E-state index is 4.44. The summed E-state index contributed by atoms with van der Waals surface area (Å²) >= 11 is 0. The lowest BCUT2D eigenvalue weighted by Gasteiger charge is -2.24. The van der Waals surface area contributed by atoms with Gasteiger partial charge in [-0.1, -0.05) is 19.9 Å². The summed E-state index contributed by atoms with van der Waals surface area (Å²) in [6, 6.07) is 6.47. The quantitative estimate of drug-likeness (QED) is 0.847. The van der Waals surface area contributed by atoms with E-state index in [1.54, 1.807) is 0 Å². The molecule has 0 radical (unpaired) electrons. The van der Waals surface area contributed by atoms with E-state index in [0.717, 1.165) is 37.6 Å². The van der Waals surface area contributed by atoms with Crippen LogP contribution in [0.5, 0.6) is 0 Å². The van der Waals surface area contributed by atoms with E-state index in [9.17, 15) is 0 Å². The van der Waals surface area contributed by atoms with Crippen molar-refractivity contribution < 1.29 is 0 Å². The van der Waals surface area contributed by atoms with Crippen molar-refractivity contribution in [2.24, 2.45) is 5.92 Å². The van der Waals surface area contributed by atoms with Gasteiger partial charge in [0.05, 0.1) is 11.7 Å². The van der Waals surface area contributed by atoms with E-state index in [1.807, 2.05) is 18.6 Å². The van der Waals surface area contributed by atoms with Gasteiger partial charge in [0, 0.05) is 19.3 Å². The summed E-state index contributed by atoms with van der Waals surface area (Å²) in [4.78, 5) is 6.92. The van der Waals surface area contributed by atoms with Gasteiger partial charge in [-0.05, 0) is 37.4 Å². The average molecular weight is 285 g/mol. The monoisotopic (exact) mass is 285 g/mol. The third-order valence-corrected chi connectivity index (χ3v) is 3.96. The molecule has 0 aliphatic carbocycles. The van der Waals surface area contributed by atoms with Crippen LogP contribution in [0, 0.1) is 5.92 Å². The van der Waals surface area contributed by atoms with Gasteiger partial charge >= 0.3 is 0 Å². The van der Waals surface area contributed by atoms with E-state index in [0.29, 0.717) is 12.0 Å². The molecule has 1 fully saturated rings. The first kappa shape index (κ1) is 14.2. The van der Waals surface area contributed by atoms with Crippen molar-refractivity contribution in [2.45, 2.75) is 45.8 Å². The normalized spacial score (nSPS) is 19.5. The Kier molecular flexibility index (Phi) is 4.29. The number of aromatic nitrogens is 4. The molecule has 0 saturated carbocycles. The Morgan fingerprint density at radius 3 is 3.00 bits per heavy atom. The number of pyridine rings is 1. The summed E-state index contributed by atoms with van der Waals surface area (Å²) in [6.07, 6.45) is 6.10. The largest absolute Gasteiger partial charge is 0.316 e. The molecule has 3 heterocycles. The number of nitrogens with zero attached hydrogens (tertiary/aromatic N) is 5. The van der Waals surface area contributed by atoms with Crippen molar-refractivity contribution in [3.05, 3.63) is 42.2 Å². The Balaban J connectivity index is 1.76. The third kappa shape index (κ3) is 3.29. The maximum Gasteiger partial charge on any atom is 0.150 e. The lowest BCUT2D eigenvalue weighted by Crippen LogP contribution is -2.26. The second-order valence-corrected chi connectivity index (χ2v) is 6.18. The molecule has 1 saturated heterocycles. The highest BCUT2D eigenvalue weighted by atomic mass is 15.3. The summed E-state index contributed by atoms with van der Waals surface area (Å²) in [7, 11) is 0. The zero-order valence-electron chi connectivity index (χ0n) is 12.8. The fraction of sp³-hybridized carbons (Fsp3) is 0.562. The van der Waals surface area contributed by atoms with Crippen LogP contribution in [0.15, 0.2) is 30.7 Å².